The fourth-order valence-electron chi connectivity index (χ4n) is 1.76. The van der Waals surface area contributed by atoms with Gasteiger partial charge in [-0.2, -0.15) is 0 Å². The van der Waals surface area contributed by atoms with Gasteiger partial charge < -0.3 is 0 Å². The molecule has 2 nitrogen and oxygen atoms in total. The number of rotatable bonds is 3. The molecule has 18 heavy (non-hydrogen) atoms. The number of benzene rings is 1. The van der Waals surface area contributed by atoms with Crippen molar-refractivity contribution in [2.75, 3.05) is 0 Å². The van der Waals surface area contributed by atoms with Crippen LogP contribution < -0.4 is 0 Å². The largest absolute Gasteiger partial charge is 0.292 e. The third kappa shape index (κ3) is 3.01. The van der Waals surface area contributed by atoms with Crippen molar-refractivity contribution in [1.29, 1.82) is 0 Å². The van der Waals surface area contributed by atoms with Gasteiger partial charge in [-0.15, -0.1) is 0 Å². The van der Waals surface area contributed by atoms with Crippen molar-refractivity contribution in [1.82, 2.24) is 4.98 Å². The van der Waals surface area contributed by atoms with Crippen LogP contribution in [0, 0.1) is 12.7 Å². The van der Waals surface area contributed by atoms with Gasteiger partial charge >= 0.3 is 0 Å². The molecule has 0 saturated heterocycles. The minimum atomic E-state index is -0.357. The Labute approximate surface area is 113 Å². The van der Waals surface area contributed by atoms with Gasteiger partial charge in [-0.25, -0.2) is 4.39 Å². The van der Waals surface area contributed by atoms with Crippen molar-refractivity contribution < 1.29 is 9.18 Å². The van der Waals surface area contributed by atoms with Gasteiger partial charge in [-0.1, -0.05) is 22.0 Å². The Morgan fingerprint density at radius 1 is 1.39 bits per heavy atom. The molecule has 0 spiro atoms. The molecule has 4 heteroatoms. The Kier molecular flexibility index (Phi) is 3.87. The van der Waals surface area contributed by atoms with Crippen molar-refractivity contribution >= 4 is 21.7 Å². The lowest BCUT2D eigenvalue weighted by Crippen LogP contribution is -2.08. The highest BCUT2D eigenvalue weighted by Crippen LogP contribution is 2.17. The molecule has 0 radical (unpaired) electrons. The number of ketones is 1. The molecule has 0 bridgehead atoms. The zero-order chi connectivity index (χ0) is 13.1. The number of halogens is 2. The molecule has 0 N–H and O–H groups in total. The number of aromatic nitrogens is 1. The second-order valence-corrected chi connectivity index (χ2v) is 4.96. The standard InChI is InChI=1S/C14H11BrFNO/c1-9-3-2-4-17-14(9)13(18)7-10-5-11(15)8-12(16)6-10/h2-6,8H,7H2,1H3. The van der Waals surface area contributed by atoms with E-state index in [1.54, 1.807) is 18.3 Å². The average molecular weight is 308 g/mol. The van der Waals surface area contributed by atoms with Crippen LogP contribution in [0.15, 0.2) is 41.0 Å². The maximum atomic E-state index is 13.2. The van der Waals surface area contributed by atoms with E-state index in [1.165, 1.54) is 12.1 Å². The highest BCUT2D eigenvalue weighted by Gasteiger charge is 2.11. The van der Waals surface area contributed by atoms with Gasteiger partial charge in [0.05, 0.1) is 0 Å². The van der Waals surface area contributed by atoms with Gasteiger partial charge in [0.2, 0.25) is 0 Å². The lowest BCUT2D eigenvalue weighted by molar-refractivity contribution is 0.0987. The van der Waals surface area contributed by atoms with Crippen LogP contribution >= 0.6 is 15.9 Å². The number of carbonyl (C=O) groups is 1. The van der Waals surface area contributed by atoms with E-state index in [1.807, 2.05) is 13.0 Å². The van der Waals surface area contributed by atoms with Gasteiger partial charge in [-0.05, 0) is 42.3 Å². The lowest BCUT2D eigenvalue weighted by atomic mass is 10.0. The maximum Gasteiger partial charge on any atom is 0.185 e. The summed E-state index contributed by atoms with van der Waals surface area (Å²) in [4.78, 5) is 16.1. The number of Topliss-reactive ketones (excluding diaryl/α,β-unsaturated/α-hetero) is 1. The SMILES string of the molecule is Cc1cccnc1C(=O)Cc1cc(F)cc(Br)c1. The van der Waals surface area contributed by atoms with Crippen LogP contribution in [0.5, 0.6) is 0 Å². The normalized spacial score (nSPS) is 10.4. The van der Waals surface area contributed by atoms with Crippen LogP contribution in [-0.4, -0.2) is 10.8 Å². The summed E-state index contributed by atoms with van der Waals surface area (Å²) in [5.74, 6) is -0.462. The van der Waals surface area contributed by atoms with E-state index in [0.717, 1.165) is 5.56 Å². The molecule has 1 aromatic heterocycles. The van der Waals surface area contributed by atoms with E-state index in [0.29, 0.717) is 15.7 Å². The zero-order valence-corrected chi connectivity index (χ0v) is 11.4. The van der Waals surface area contributed by atoms with E-state index in [-0.39, 0.29) is 18.0 Å². The number of pyridine rings is 1. The second-order valence-electron chi connectivity index (χ2n) is 4.05. The molecule has 0 saturated carbocycles. The molecular formula is C14H11BrFNO. The molecule has 0 aliphatic carbocycles. The van der Waals surface area contributed by atoms with E-state index < -0.39 is 0 Å². The molecule has 0 atom stereocenters. The summed E-state index contributed by atoms with van der Waals surface area (Å²) >= 11 is 3.21. The van der Waals surface area contributed by atoms with E-state index in [2.05, 4.69) is 20.9 Å². The lowest BCUT2D eigenvalue weighted by Gasteiger charge is -2.04. The quantitative estimate of drug-likeness (QED) is 0.809. The topological polar surface area (TPSA) is 30.0 Å². The molecule has 0 aliphatic heterocycles. The molecule has 0 aliphatic rings. The van der Waals surface area contributed by atoms with Crippen molar-refractivity contribution in [2.24, 2.45) is 0 Å². The average Bonchev–Trinajstić information content (AvgIpc) is 2.27. The van der Waals surface area contributed by atoms with Gasteiger partial charge in [0.25, 0.3) is 0 Å². The van der Waals surface area contributed by atoms with Gasteiger partial charge in [0, 0.05) is 17.1 Å². The minimum Gasteiger partial charge on any atom is -0.292 e. The Hall–Kier alpha value is -1.55. The van der Waals surface area contributed by atoms with E-state index >= 15 is 0 Å². The van der Waals surface area contributed by atoms with Crippen molar-refractivity contribution in [2.45, 2.75) is 13.3 Å². The molecule has 1 heterocycles. The molecule has 92 valence electrons. The molecule has 0 fully saturated rings. The van der Waals surface area contributed by atoms with Gasteiger partial charge in [0.1, 0.15) is 11.5 Å². The molecule has 2 aromatic rings. The molecule has 0 amide bonds. The van der Waals surface area contributed by atoms with Crippen molar-refractivity contribution in [3.8, 4) is 0 Å². The number of hydrogen-bond acceptors (Lipinski definition) is 2. The fourth-order valence-corrected chi connectivity index (χ4v) is 2.27. The Balaban J connectivity index is 2.24. The summed E-state index contributed by atoms with van der Waals surface area (Å²) in [6.45, 7) is 1.84. The van der Waals surface area contributed by atoms with Crippen molar-refractivity contribution in [3.63, 3.8) is 0 Å². The number of nitrogens with zero attached hydrogens (tertiary/aromatic N) is 1. The molecular weight excluding hydrogens is 297 g/mol. The highest BCUT2D eigenvalue weighted by molar-refractivity contribution is 9.10. The number of hydrogen-bond donors (Lipinski definition) is 0. The minimum absolute atomic E-state index is 0.106. The summed E-state index contributed by atoms with van der Waals surface area (Å²) in [7, 11) is 0. The summed E-state index contributed by atoms with van der Waals surface area (Å²) in [5.41, 5.74) is 1.91. The van der Waals surface area contributed by atoms with Crippen LogP contribution in [0.4, 0.5) is 4.39 Å². The number of carbonyl (C=O) groups excluding carboxylic acids is 1. The first-order chi connectivity index (χ1) is 8.56. The van der Waals surface area contributed by atoms with Crippen LogP contribution in [0.1, 0.15) is 21.6 Å². The monoisotopic (exact) mass is 307 g/mol. The second kappa shape index (κ2) is 5.40. The van der Waals surface area contributed by atoms with E-state index in [4.69, 9.17) is 0 Å². The highest BCUT2D eigenvalue weighted by atomic mass is 79.9. The van der Waals surface area contributed by atoms with Crippen LogP contribution in [0.2, 0.25) is 0 Å². The van der Waals surface area contributed by atoms with Gasteiger partial charge in [-0.3, -0.25) is 9.78 Å². The van der Waals surface area contributed by atoms with E-state index in [9.17, 15) is 9.18 Å². The molecule has 2 rings (SSSR count). The predicted molar refractivity (Wildman–Crippen MR) is 71.1 cm³/mol. The maximum absolute atomic E-state index is 13.2. The first kappa shape index (κ1) is 12.9. The Bertz CT molecular complexity index is 578. The first-order valence-corrected chi connectivity index (χ1v) is 6.25. The smallest absolute Gasteiger partial charge is 0.185 e. The third-order valence-corrected chi connectivity index (χ3v) is 3.02. The summed E-state index contributed by atoms with van der Waals surface area (Å²) in [6, 6.07) is 8.08. The van der Waals surface area contributed by atoms with Crippen molar-refractivity contribution in [3.05, 3.63) is 63.6 Å². The molecule has 1 aromatic carbocycles. The predicted octanol–water partition coefficient (Wildman–Crippen LogP) is 3.72. The molecule has 0 unspecified atom stereocenters. The summed E-state index contributed by atoms with van der Waals surface area (Å²) < 4.78 is 13.8. The van der Waals surface area contributed by atoms with Crippen LogP contribution in [0.25, 0.3) is 0 Å². The Morgan fingerprint density at radius 2 is 2.17 bits per heavy atom. The first-order valence-electron chi connectivity index (χ1n) is 5.46. The number of aryl methyl sites for hydroxylation is 1. The fraction of sp³-hybridized carbons (Fsp3) is 0.143. The summed E-state index contributed by atoms with van der Waals surface area (Å²) in [5, 5.41) is 0. The van der Waals surface area contributed by atoms with Gasteiger partial charge in [0.15, 0.2) is 5.78 Å². The van der Waals surface area contributed by atoms with Crippen LogP contribution in [-0.2, 0) is 6.42 Å². The Morgan fingerprint density at radius 3 is 2.83 bits per heavy atom. The summed E-state index contributed by atoms with van der Waals surface area (Å²) in [6.07, 6.45) is 1.73. The third-order valence-electron chi connectivity index (χ3n) is 2.56. The van der Waals surface area contributed by atoms with Crippen LogP contribution in [0.3, 0.4) is 0 Å². The zero-order valence-electron chi connectivity index (χ0n) is 9.78.